The molecule has 2 aliphatic rings. The molecule has 184 valence electrons. The normalized spacial score (nSPS) is 19.6. The van der Waals surface area contributed by atoms with Gasteiger partial charge in [0.1, 0.15) is 5.82 Å². The number of rotatable bonds is 4. The third-order valence-electron chi connectivity index (χ3n) is 7.11. The maximum Gasteiger partial charge on any atom is 0.332 e. The molecule has 0 aromatic carbocycles. The van der Waals surface area contributed by atoms with Crippen LogP contribution >= 0.6 is 0 Å². The van der Waals surface area contributed by atoms with Crippen molar-refractivity contribution in [3.8, 4) is 11.8 Å². The average molecular weight is 477 g/mol. The van der Waals surface area contributed by atoms with Crippen molar-refractivity contribution in [3.63, 3.8) is 0 Å². The molecule has 10 nitrogen and oxygen atoms in total. The minimum absolute atomic E-state index is 0.0124. The van der Waals surface area contributed by atoms with Gasteiger partial charge in [0.15, 0.2) is 11.2 Å². The Morgan fingerprint density at radius 2 is 1.94 bits per heavy atom. The van der Waals surface area contributed by atoms with Crippen LogP contribution in [0.1, 0.15) is 49.5 Å². The summed E-state index contributed by atoms with van der Waals surface area (Å²) in [6.45, 7) is 7.68. The second-order valence-corrected chi connectivity index (χ2v) is 9.84. The molecule has 5 rings (SSSR count). The first kappa shape index (κ1) is 23.3. The van der Waals surface area contributed by atoms with E-state index >= 15 is 0 Å². The lowest BCUT2D eigenvalue weighted by Gasteiger charge is -2.31. The van der Waals surface area contributed by atoms with E-state index in [1.165, 1.54) is 14.7 Å². The van der Waals surface area contributed by atoms with Crippen LogP contribution in [0.15, 0.2) is 9.59 Å². The highest BCUT2D eigenvalue weighted by molar-refractivity contribution is 5.75. The monoisotopic (exact) mass is 476 g/mol. The molecule has 3 aromatic rings. The van der Waals surface area contributed by atoms with E-state index in [2.05, 4.69) is 28.6 Å². The average Bonchev–Trinajstić information content (AvgIpc) is 3.39. The topological polar surface area (TPSA) is 117 Å². The van der Waals surface area contributed by atoms with E-state index in [1.54, 1.807) is 14.0 Å². The summed E-state index contributed by atoms with van der Waals surface area (Å²) in [7, 11) is 1.64. The minimum Gasteiger partial charge on any atom is -0.341 e. The molecule has 0 amide bonds. The predicted octanol–water partition coefficient (Wildman–Crippen LogP) is 0.729. The van der Waals surface area contributed by atoms with Crippen LogP contribution in [-0.4, -0.2) is 47.8 Å². The Morgan fingerprint density at radius 3 is 2.69 bits per heavy atom. The molecule has 10 heteroatoms. The van der Waals surface area contributed by atoms with E-state index in [9.17, 15) is 9.59 Å². The van der Waals surface area contributed by atoms with E-state index in [0.717, 1.165) is 43.6 Å². The Balaban J connectivity index is 1.65. The highest BCUT2D eigenvalue weighted by atomic mass is 16.2. The van der Waals surface area contributed by atoms with Crippen LogP contribution < -0.4 is 21.9 Å². The van der Waals surface area contributed by atoms with Gasteiger partial charge in [-0.1, -0.05) is 12.8 Å². The Hall–Kier alpha value is -3.45. The van der Waals surface area contributed by atoms with Crippen molar-refractivity contribution < 1.29 is 0 Å². The van der Waals surface area contributed by atoms with Gasteiger partial charge >= 0.3 is 5.69 Å². The molecule has 35 heavy (non-hydrogen) atoms. The van der Waals surface area contributed by atoms with Gasteiger partial charge in [-0.3, -0.25) is 18.5 Å². The fraction of sp³-hybridized carbons (Fsp3) is 0.560. The van der Waals surface area contributed by atoms with Gasteiger partial charge in [-0.25, -0.2) is 14.8 Å². The zero-order valence-electron chi connectivity index (χ0n) is 20.8. The molecule has 2 atom stereocenters. The standard InChI is InChI=1S/C25H32N8O2/c1-5-6-10-32-21-22(29-24(32)31-9-7-8-17(26)13-31)30(4)25(35)33(23(21)34)14-20-27-16(3)18-11-15(2)12-19(18)28-20/h15,17H,7-14,26H2,1-4H3. The Morgan fingerprint density at radius 1 is 1.14 bits per heavy atom. The van der Waals surface area contributed by atoms with Crippen molar-refractivity contribution in [1.82, 2.24) is 28.7 Å². The second kappa shape index (κ2) is 8.96. The molecule has 1 aliphatic heterocycles. The van der Waals surface area contributed by atoms with Crippen LogP contribution in [0.4, 0.5) is 5.95 Å². The van der Waals surface area contributed by atoms with E-state index in [0.29, 0.717) is 41.9 Å². The summed E-state index contributed by atoms with van der Waals surface area (Å²) < 4.78 is 4.46. The van der Waals surface area contributed by atoms with Gasteiger partial charge in [-0.05, 0) is 51.0 Å². The minimum atomic E-state index is -0.439. The zero-order chi connectivity index (χ0) is 24.9. The summed E-state index contributed by atoms with van der Waals surface area (Å²) in [5, 5.41) is 0. The summed E-state index contributed by atoms with van der Waals surface area (Å²) in [5.41, 5.74) is 9.22. The first-order chi connectivity index (χ1) is 16.8. The van der Waals surface area contributed by atoms with Crippen LogP contribution in [0.3, 0.4) is 0 Å². The number of piperidine rings is 1. The summed E-state index contributed by atoms with van der Waals surface area (Å²) in [6.07, 6.45) is 3.76. The molecular weight excluding hydrogens is 444 g/mol. The smallest absolute Gasteiger partial charge is 0.332 e. The van der Waals surface area contributed by atoms with Crippen LogP contribution in [0.5, 0.6) is 0 Å². The summed E-state index contributed by atoms with van der Waals surface area (Å²) in [4.78, 5) is 43.3. The third-order valence-corrected chi connectivity index (χ3v) is 7.11. The first-order valence-electron chi connectivity index (χ1n) is 12.2. The molecule has 0 spiro atoms. The maximum absolute atomic E-state index is 13.8. The van der Waals surface area contributed by atoms with Crippen molar-refractivity contribution in [2.24, 2.45) is 18.7 Å². The van der Waals surface area contributed by atoms with Crippen LogP contribution in [-0.2, 0) is 33.0 Å². The molecule has 0 bridgehead atoms. The highest BCUT2D eigenvalue weighted by Gasteiger charge is 2.27. The van der Waals surface area contributed by atoms with Gasteiger partial charge in [-0.2, -0.15) is 4.98 Å². The molecule has 2 N–H and O–H groups in total. The van der Waals surface area contributed by atoms with Crippen LogP contribution in [0.25, 0.3) is 11.2 Å². The zero-order valence-corrected chi connectivity index (χ0v) is 20.8. The molecule has 0 saturated carbocycles. The van der Waals surface area contributed by atoms with Crippen molar-refractivity contribution in [3.05, 3.63) is 43.6 Å². The van der Waals surface area contributed by atoms with Gasteiger partial charge in [0.2, 0.25) is 5.95 Å². The fourth-order valence-electron chi connectivity index (χ4n) is 5.36. The first-order valence-corrected chi connectivity index (χ1v) is 12.2. The lowest BCUT2D eigenvalue weighted by atomic mass is 10.1. The van der Waals surface area contributed by atoms with Gasteiger partial charge in [0.05, 0.1) is 13.1 Å². The summed E-state index contributed by atoms with van der Waals surface area (Å²) in [5.74, 6) is 7.59. The second-order valence-electron chi connectivity index (χ2n) is 9.84. The number of imidazole rings is 1. The Labute approximate surface area is 203 Å². The lowest BCUT2D eigenvalue weighted by molar-refractivity contribution is 0.496. The number of fused-ring (bicyclic) bond motifs is 2. The van der Waals surface area contributed by atoms with E-state index < -0.39 is 11.2 Å². The number of anilines is 1. The van der Waals surface area contributed by atoms with Crippen molar-refractivity contribution in [2.75, 3.05) is 18.0 Å². The molecule has 4 heterocycles. The van der Waals surface area contributed by atoms with Gasteiger partial charge in [0.25, 0.3) is 5.56 Å². The van der Waals surface area contributed by atoms with E-state index in [4.69, 9.17) is 15.7 Å². The van der Waals surface area contributed by atoms with Crippen molar-refractivity contribution in [2.45, 2.75) is 65.6 Å². The SMILES string of the molecule is CC#CCn1c(N2CCCC(N)C2)nc2c1c(=O)n(Cc1nc(C)c3c(n1)CC(C)C3)c(=O)n2C. The van der Waals surface area contributed by atoms with E-state index in [-0.39, 0.29) is 12.6 Å². The number of hydrogen-bond acceptors (Lipinski definition) is 7. The molecular formula is C25H32N8O2. The fourth-order valence-corrected chi connectivity index (χ4v) is 5.36. The molecule has 2 unspecified atom stereocenters. The molecule has 1 aliphatic carbocycles. The van der Waals surface area contributed by atoms with E-state index in [1.807, 2.05) is 11.5 Å². The van der Waals surface area contributed by atoms with Crippen molar-refractivity contribution in [1.29, 1.82) is 0 Å². The Kier molecular flexibility index (Phi) is 5.97. The predicted molar refractivity (Wildman–Crippen MR) is 135 cm³/mol. The van der Waals surface area contributed by atoms with Gasteiger partial charge in [-0.15, -0.1) is 5.92 Å². The number of aromatic nitrogens is 6. The van der Waals surface area contributed by atoms with Gasteiger partial charge < -0.3 is 10.6 Å². The number of hydrogen-bond donors (Lipinski definition) is 1. The molecule has 3 aromatic heterocycles. The number of aryl methyl sites for hydroxylation is 2. The number of nitrogens with zero attached hydrogens (tertiary/aromatic N) is 7. The summed E-state index contributed by atoms with van der Waals surface area (Å²) >= 11 is 0. The molecule has 1 saturated heterocycles. The maximum atomic E-state index is 13.8. The van der Waals surface area contributed by atoms with Crippen LogP contribution in [0.2, 0.25) is 0 Å². The highest BCUT2D eigenvalue weighted by Crippen LogP contribution is 2.27. The van der Waals surface area contributed by atoms with Crippen molar-refractivity contribution >= 4 is 17.1 Å². The quantitative estimate of drug-likeness (QED) is 0.552. The lowest BCUT2D eigenvalue weighted by Crippen LogP contribution is -2.44. The largest absolute Gasteiger partial charge is 0.341 e. The number of nitrogens with two attached hydrogens (primary N) is 1. The Bertz CT molecular complexity index is 1490. The molecule has 1 fully saturated rings. The molecule has 0 radical (unpaired) electrons. The summed E-state index contributed by atoms with van der Waals surface area (Å²) in [6, 6.07) is 0.0395. The van der Waals surface area contributed by atoms with Gasteiger partial charge in [0, 0.05) is 37.6 Å². The van der Waals surface area contributed by atoms with Crippen LogP contribution in [0, 0.1) is 24.7 Å². The third kappa shape index (κ3) is 4.04.